The summed E-state index contributed by atoms with van der Waals surface area (Å²) < 4.78 is 0. The topological polar surface area (TPSA) is 56.4 Å². The first-order valence-corrected chi connectivity index (χ1v) is 10.3. The van der Waals surface area contributed by atoms with Gasteiger partial charge in [-0.3, -0.25) is 9.59 Å². The normalized spacial score (nSPS) is 14.4. The van der Waals surface area contributed by atoms with Crippen molar-refractivity contribution >= 4 is 34.3 Å². The van der Waals surface area contributed by atoms with Gasteiger partial charge >= 0.3 is 0 Å². The first kappa shape index (κ1) is 19.5. The van der Waals surface area contributed by atoms with Gasteiger partial charge in [0.05, 0.1) is 6.42 Å². The van der Waals surface area contributed by atoms with Crippen molar-refractivity contribution in [3.63, 3.8) is 0 Å². The quantitative estimate of drug-likeness (QED) is 0.699. The molecule has 0 radical (unpaired) electrons. The Morgan fingerprint density at radius 1 is 0.897 bits per heavy atom. The largest absolute Gasteiger partial charge is 0.361 e. The highest BCUT2D eigenvalue weighted by atomic mass is 35.5. The number of piperazine rings is 1. The molecule has 0 saturated carbocycles. The Labute approximate surface area is 175 Å². The molecule has 1 aliphatic heterocycles. The molecule has 150 valence electrons. The maximum atomic E-state index is 12.6. The van der Waals surface area contributed by atoms with E-state index in [2.05, 4.69) is 11.1 Å². The molecule has 0 atom stereocenters. The summed E-state index contributed by atoms with van der Waals surface area (Å²) in [5.74, 6) is 0.248. The number of nitrogens with one attached hydrogen (secondary N) is 1. The van der Waals surface area contributed by atoms with Gasteiger partial charge in [0.1, 0.15) is 0 Å². The second-order valence-electron chi connectivity index (χ2n) is 7.42. The number of aryl methyl sites for hydroxylation is 1. The lowest BCUT2D eigenvalue weighted by Crippen LogP contribution is -2.51. The number of carbonyl (C=O) groups excluding carboxylic acids is 2. The van der Waals surface area contributed by atoms with Crippen LogP contribution < -0.4 is 0 Å². The zero-order valence-electron chi connectivity index (χ0n) is 16.2. The Kier molecular flexibility index (Phi) is 5.86. The van der Waals surface area contributed by atoms with Crippen LogP contribution in [0, 0.1) is 0 Å². The van der Waals surface area contributed by atoms with E-state index in [1.54, 1.807) is 12.1 Å². The number of halogens is 1. The molecule has 0 bridgehead atoms. The summed E-state index contributed by atoms with van der Waals surface area (Å²) in [7, 11) is 0. The smallest absolute Gasteiger partial charge is 0.227 e. The van der Waals surface area contributed by atoms with Gasteiger partial charge in [-0.05, 0) is 35.7 Å². The maximum Gasteiger partial charge on any atom is 0.227 e. The number of carbonyl (C=O) groups is 2. The van der Waals surface area contributed by atoms with Gasteiger partial charge in [-0.1, -0.05) is 41.9 Å². The number of para-hydroxylation sites is 1. The van der Waals surface area contributed by atoms with E-state index in [1.807, 2.05) is 46.3 Å². The van der Waals surface area contributed by atoms with Crippen LogP contribution in [0.4, 0.5) is 0 Å². The Morgan fingerprint density at radius 2 is 1.55 bits per heavy atom. The number of rotatable bonds is 5. The van der Waals surface area contributed by atoms with E-state index in [0.29, 0.717) is 44.0 Å². The zero-order chi connectivity index (χ0) is 20.2. The van der Waals surface area contributed by atoms with Crippen LogP contribution in [-0.4, -0.2) is 52.8 Å². The summed E-state index contributed by atoms with van der Waals surface area (Å²) in [4.78, 5) is 32.1. The molecular formula is C23H24ClN3O2. The molecule has 0 spiro atoms. The first-order valence-electron chi connectivity index (χ1n) is 9.95. The van der Waals surface area contributed by atoms with Crippen LogP contribution >= 0.6 is 11.6 Å². The first-order chi connectivity index (χ1) is 14.1. The summed E-state index contributed by atoms with van der Waals surface area (Å²) in [5, 5.41) is 1.85. The molecule has 2 heterocycles. The highest BCUT2D eigenvalue weighted by molar-refractivity contribution is 6.30. The summed E-state index contributed by atoms with van der Waals surface area (Å²) in [6.45, 7) is 2.37. The van der Waals surface area contributed by atoms with Crippen molar-refractivity contribution in [1.29, 1.82) is 0 Å². The molecule has 0 aliphatic carbocycles. The van der Waals surface area contributed by atoms with Gasteiger partial charge in [0.2, 0.25) is 11.8 Å². The molecule has 1 aliphatic rings. The third-order valence-corrected chi connectivity index (χ3v) is 5.79. The predicted octanol–water partition coefficient (Wildman–Crippen LogP) is 3.67. The van der Waals surface area contributed by atoms with Gasteiger partial charge < -0.3 is 14.8 Å². The third-order valence-electron chi connectivity index (χ3n) is 5.54. The lowest BCUT2D eigenvalue weighted by molar-refractivity contribution is -0.139. The van der Waals surface area contributed by atoms with Crippen molar-refractivity contribution < 1.29 is 9.59 Å². The zero-order valence-corrected chi connectivity index (χ0v) is 17.0. The lowest BCUT2D eigenvalue weighted by atomic mass is 10.1. The van der Waals surface area contributed by atoms with Crippen molar-refractivity contribution in [2.45, 2.75) is 19.3 Å². The van der Waals surface area contributed by atoms with E-state index < -0.39 is 0 Å². The van der Waals surface area contributed by atoms with Crippen LogP contribution in [0.5, 0.6) is 0 Å². The van der Waals surface area contributed by atoms with Gasteiger partial charge in [0.25, 0.3) is 0 Å². The van der Waals surface area contributed by atoms with Crippen LogP contribution in [0.3, 0.4) is 0 Å². The van der Waals surface area contributed by atoms with E-state index >= 15 is 0 Å². The Bertz CT molecular complexity index is 1000. The van der Waals surface area contributed by atoms with Crippen LogP contribution in [0.2, 0.25) is 5.02 Å². The minimum Gasteiger partial charge on any atom is -0.361 e. The van der Waals surface area contributed by atoms with E-state index in [1.165, 1.54) is 10.9 Å². The SMILES string of the molecule is O=C(CCc1c[nH]c2ccccc12)N1CCN(C(=O)Cc2ccc(Cl)cc2)CC1. The van der Waals surface area contributed by atoms with E-state index in [9.17, 15) is 9.59 Å². The summed E-state index contributed by atoms with van der Waals surface area (Å²) in [5.41, 5.74) is 3.23. The fraction of sp³-hybridized carbons (Fsp3) is 0.304. The number of H-pyrrole nitrogens is 1. The maximum absolute atomic E-state index is 12.6. The van der Waals surface area contributed by atoms with Gasteiger partial charge in [-0.15, -0.1) is 0 Å². The van der Waals surface area contributed by atoms with Crippen molar-refractivity contribution in [3.8, 4) is 0 Å². The van der Waals surface area contributed by atoms with Crippen LogP contribution in [0.25, 0.3) is 10.9 Å². The van der Waals surface area contributed by atoms with E-state index in [0.717, 1.165) is 17.5 Å². The molecule has 1 aromatic heterocycles. The van der Waals surface area contributed by atoms with Gasteiger partial charge in [-0.25, -0.2) is 0 Å². The number of fused-ring (bicyclic) bond motifs is 1. The average molecular weight is 410 g/mol. The highest BCUT2D eigenvalue weighted by Crippen LogP contribution is 2.19. The number of benzene rings is 2. The van der Waals surface area contributed by atoms with Gasteiger partial charge in [0.15, 0.2) is 0 Å². The summed E-state index contributed by atoms with van der Waals surface area (Å²) in [6.07, 6.45) is 3.57. The molecule has 6 heteroatoms. The van der Waals surface area contributed by atoms with Crippen LogP contribution in [-0.2, 0) is 22.4 Å². The van der Waals surface area contributed by atoms with Crippen molar-refractivity contribution in [2.24, 2.45) is 0 Å². The molecule has 2 amide bonds. The fourth-order valence-corrected chi connectivity index (χ4v) is 3.96. The van der Waals surface area contributed by atoms with Crippen LogP contribution in [0.1, 0.15) is 17.5 Å². The standard InChI is InChI=1S/C23H24ClN3O2/c24-19-8-5-17(6-9-19)15-23(29)27-13-11-26(12-14-27)22(28)10-7-18-16-25-21-4-2-1-3-20(18)21/h1-6,8-9,16,25H,7,10-15H2. The Balaban J connectivity index is 1.26. The Morgan fingerprint density at radius 3 is 2.28 bits per heavy atom. The Hall–Kier alpha value is -2.79. The highest BCUT2D eigenvalue weighted by Gasteiger charge is 2.24. The van der Waals surface area contributed by atoms with E-state index in [-0.39, 0.29) is 11.8 Å². The number of amides is 2. The lowest BCUT2D eigenvalue weighted by Gasteiger charge is -2.35. The molecule has 1 saturated heterocycles. The minimum absolute atomic E-state index is 0.0956. The number of aromatic nitrogens is 1. The molecule has 3 aromatic rings. The van der Waals surface area contributed by atoms with Crippen LogP contribution in [0.15, 0.2) is 54.7 Å². The van der Waals surface area contributed by atoms with Crippen molar-refractivity contribution in [2.75, 3.05) is 26.2 Å². The number of hydrogen-bond acceptors (Lipinski definition) is 2. The predicted molar refractivity (Wildman–Crippen MR) is 115 cm³/mol. The molecular weight excluding hydrogens is 386 g/mol. The molecule has 2 aromatic carbocycles. The molecule has 1 N–H and O–H groups in total. The van der Waals surface area contributed by atoms with Gasteiger partial charge in [0, 0.05) is 54.7 Å². The number of aromatic amines is 1. The second kappa shape index (κ2) is 8.70. The molecule has 1 fully saturated rings. The van der Waals surface area contributed by atoms with E-state index in [4.69, 9.17) is 11.6 Å². The summed E-state index contributed by atoms with van der Waals surface area (Å²) in [6, 6.07) is 15.5. The molecule has 29 heavy (non-hydrogen) atoms. The number of hydrogen-bond donors (Lipinski definition) is 1. The molecule has 4 rings (SSSR count). The molecule has 5 nitrogen and oxygen atoms in total. The second-order valence-corrected chi connectivity index (χ2v) is 7.86. The number of nitrogens with zero attached hydrogens (tertiary/aromatic N) is 2. The minimum atomic E-state index is 0.0956. The summed E-state index contributed by atoms with van der Waals surface area (Å²) >= 11 is 5.89. The third kappa shape index (κ3) is 4.62. The average Bonchev–Trinajstić information content (AvgIpc) is 3.17. The van der Waals surface area contributed by atoms with Gasteiger partial charge in [-0.2, -0.15) is 0 Å². The van der Waals surface area contributed by atoms with Crippen molar-refractivity contribution in [3.05, 3.63) is 70.9 Å². The molecule has 0 unspecified atom stereocenters. The van der Waals surface area contributed by atoms with Crippen molar-refractivity contribution in [1.82, 2.24) is 14.8 Å². The fourth-order valence-electron chi connectivity index (χ4n) is 3.83. The monoisotopic (exact) mass is 409 g/mol.